The number of aromatic nitrogens is 8. The first kappa shape index (κ1) is 25.1. The molecule has 0 N–H and O–H groups in total. The fourth-order valence-electron chi connectivity index (χ4n) is 4.22. The van der Waals surface area contributed by atoms with Crippen LogP contribution in [0.3, 0.4) is 0 Å². The molecule has 0 aliphatic rings. The first-order valence-corrected chi connectivity index (χ1v) is 14.1. The molecule has 0 atom stereocenters. The first-order valence-electron chi connectivity index (χ1n) is 12.7. The normalized spacial score (nSPS) is 11.2. The molecule has 9 heteroatoms. The maximum absolute atomic E-state index is 4.59. The van der Waals surface area contributed by atoms with Gasteiger partial charge in [0.1, 0.15) is 0 Å². The molecule has 0 aliphatic heterocycles. The summed E-state index contributed by atoms with van der Waals surface area (Å²) >= 11 is 0.341. The van der Waals surface area contributed by atoms with E-state index in [0.29, 0.717) is 45.0 Å². The van der Waals surface area contributed by atoms with Gasteiger partial charge in [-0.2, -0.15) is 0 Å². The standard InChI is InChI=1S/2C15H14N4.Ag/c2*1-3-7-16-14(5-1)11-18-9-10-19(13-18)12-15-6-2-4-8-17-15;/h2*1-10H,11-12H2;. The molecule has 0 bridgehead atoms. The third-order valence-electron chi connectivity index (χ3n) is 6.08. The van der Waals surface area contributed by atoms with Crippen molar-refractivity contribution >= 4 is 0 Å². The van der Waals surface area contributed by atoms with Gasteiger partial charge in [-0.25, -0.2) is 0 Å². The fraction of sp³-hybridized carbons (Fsp3) is 0.133. The molecule has 0 saturated carbocycles. The molecule has 8 nitrogen and oxygen atoms in total. The molecule has 0 fully saturated rings. The van der Waals surface area contributed by atoms with Crippen LogP contribution in [-0.4, -0.2) is 38.2 Å². The van der Waals surface area contributed by atoms with Crippen LogP contribution < -0.4 is 0 Å². The van der Waals surface area contributed by atoms with Crippen LogP contribution >= 0.6 is 0 Å². The number of hydrogen-bond donors (Lipinski definition) is 0. The number of hydrogen-bond acceptors (Lipinski definition) is 4. The monoisotopic (exact) mass is 607 g/mol. The van der Waals surface area contributed by atoms with Gasteiger partial charge in [-0.15, -0.1) is 0 Å². The van der Waals surface area contributed by atoms with Crippen molar-refractivity contribution in [1.82, 2.24) is 38.2 Å². The van der Waals surface area contributed by atoms with E-state index in [0.717, 1.165) is 22.8 Å². The van der Waals surface area contributed by atoms with Crippen LogP contribution in [0.1, 0.15) is 22.8 Å². The Morgan fingerprint density at radius 1 is 0.410 bits per heavy atom. The maximum atomic E-state index is 4.59. The van der Waals surface area contributed by atoms with E-state index >= 15 is 0 Å². The van der Waals surface area contributed by atoms with Crippen molar-refractivity contribution in [2.24, 2.45) is 0 Å². The Balaban J connectivity index is 1.56. The van der Waals surface area contributed by atoms with E-state index < -0.39 is 0 Å². The van der Waals surface area contributed by atoms with Crippen molar-refractivity contribution < 1.29 is 18.8 Å². The first-order chi connectivity index (χ1) is 19.3. The Kier molecular flexibility index (Phi) is 7.76. The summed E-state index contributed by atoms with van der Waals surface area (Å²) in [6, 6.07) is 24.2. The molecule has 0 unspecified atom stereocenters. The van der Waals surface area contributed by atoms with Gasteiger partial charge in [0.05, 0.1) is 0 Å². The van der Waals surface area contributed by atoms with E-state index in [1.165, 1.54) is 7.26 Å². The van der Waals surface area contributed by atoms with Gasteiger partial charge in [0.2, 0.25) is 0 Å². The Labute approximate surface area is 234 Å². The summed E-state index contributed by atoms with van der Waals surface area (Å²) in [4.78, 5) is 18.3. The minimum atomic E-state index is 0.341. The average molecular weight is 608 g/mol. The zero-order chi connectivity index (χ0) is 26.3. The summed E-state index contributed by atoms with van der Waals surface area (Å²) in [5.74, 6) is 0. The van der Waals surface area contributed by atoms with Crippen molar-refractivity contribution in [3.8, 4) is 0 Å². The molecule has 6 aromatic heterocycles. The number of nitrogens with zero attached hydrogens (tertiary/aromatic N) is 8. The molecule has 0 radical (unpaired) electrons. The van der Waals surface area contributed by atoms with E-state index in [9.17, 15) is 0 Å². The van der Waals surface area contributed by atoms with Gasteiger partial charge in [-0.1, -0.05) is 0 Å². The minimum absolute atomic E-state index is 0.341. The van der Waals surface area contributed by atoms with Crippen LogP contribution in [0.5, 0.6) is 0 Å². The Bertz CT molecular complexity index is 1530. The van der Waals surface area contributed by atoms with Gasteiger partial charge in [0.25, 0.3) is 0 Å². The van der Waals surface area contributed by atoms with Crippen molar-refractivity contribution in [1.29, 1.82) is 0 Å². The van der Waals surface area contributed by atoms with Crippen LogP contribution in [0.2, 0.25) is 0 Å². The molecule has 6 heterocycles. The zero-order valence-corrected chi connectivity index (χ0v) is 22.7. The van der Waals surface area contributed by atoms with Crippen molar-refractivity contribution in [3.63, 3.8) is 0 Å². The quantitative estimate of drug-likeness (QED) is 0.239. The van der Waals surface area contributed by atoms with Crippen LogP contribution in [0.25, 0.3) is 0 Å². The number of rotatable bonds is 8. The van der Waals surface area contributed by atoms with Crippen molar-refractivity contribution in [2.45, 2.75) is 26.2 Å². The summed E-state index contributed by atoms with van der Waals surface area (Å²) in [5.41, 5.74) is 4.09. The van der Waals surface area contributed by atoms with Crippen LogP contribution in [0.4, 0.5) is 0 Å². The summed E-state index contributed by atoms with van der Waals surface area (Å²) in [6.07, 6.45) is 16.0. The van der Waals surface area contributed by atoms with Gasteiger partial charge >= 0.3 is 236 Å². The third-order valence-corrected chi connectivity index (χ3v) is 8.45. The van der Waals surface area contributed by atoms with Gasteiger partial charge in [0, 0.05) is 0 Å². The predicted octanol–water partition coefficient (Wildman–Crippen LogP) is 4.51. The van der Waals surface area contributed by atoms with Gasteiger partial charge in [-0.3, -0.25) is 0 Å². The summed E-state index contributed by atoms with van der Waals surface area (Å²) in [5, 5.41) is 0. The number of pyridine rings is 4. The second-order valence-corrected chi connectivity index (χ2v) is 10.6. The molecule has 6 rings (SSSR count). The Hall–Kier alpha value is -4.24. The predicted molar refractivity (Wildman–Crippen MR) is 145 cm³/mol. The summed E-state index contributed by atoms with van der Waals surface area (Å²) in [6.45, 7) is 2.78. The molecular formula is C30H28AgN8. The SMILES string of the molecule is c1ccc(Cn2ccn(Cc3ccccn3)[c]2=[Ag]=[c]2n(Cc3ccccn3)ccn2Cc2ccccn2)nc1. The van der Waals surface area contributed by atoms with Gasteiger partial charge in [-0.05, 0) is 0 Å². The van der Waals surface area contributed by atoms with Crippen molar-refractivity contribution in [2.75, 3.05) is 0 Å². The molecular weight excluding hydrogens is 580 g/mol. The van der Waals surface area contributed by atoms with Crippen LogP contribution in [-0.2, 0) is 45.0 Å². The molecule has 6 aromatic rings. The molecule has 39 heavy (non-hydrogen) atoms. The molecule has 0 saturated heterocycles. The van der Waals surface area contributed by atoms with Gasteiger partial charge < -0.3 is 0 Å². The van der Waals surface area contributed by atoms with E-state index in [1.807, 2.05) is 73.3 Å². The Morgan fingerprint density at radius 2 is 0.692 bits per heavy atom. The van der Waals surface area contributed by atoms with Crippen LogP contribution in [0.15, 0.2) is 122 Å². The van der Waals surface area contributed by atoms with Gasteiger partial charge in [0.15, 0.2) is 0 Å². The molecule has 0 amide bonds. The second kappa shape index (κ2) is 12.1. The van der Waals surface area contributed by atoms with Crippen LogP contribution in [0, 0.1) is 7.26 Å². The molecule has 0 aromatic carbocycles. The third kappa shape index (κ3) is 6.26. The fourth-order valence-corrected chi connectivity index (χ4v) is 6.28. The molecule has 0 aliphatic carbocycles. The summed E-state index contributed by atoms with van der Waals surface area (Å²) < 4.78 is 11.6. The van der Waals surface area contributed by atoms with E-state index in [-0.39, 0.29) is 0 Å². The van der Waals surface area contributed by atoms with Crippen molar-refractivity contribution in [3.05, 3.63) is 152 Å². The molecule has 0 spiro atoms. The molecule has 199 valence electrons. The summed E-state index contributed by atoms with van der Waals surface area (Å²) in [7, 11) is 0. The topological polar surface area (TPSA) is 71.3 Å². The average Bonchev–Trinajstić information content (AvgIpc) is 3.54. The van der Waals surface area contributed by atoms with E-state index in [2.05, 4.69) is 87.3 Å². The zero-order valence-electron chi connectivity index (χ0n) is 21.3. The number of imidazole rings is 2. The second-order valence-electron chi connectivity index (χ2n) is 8.94. The van der Waals surface area contributed by atoms with E-state index in [1.54, 1.807) is 0 Å². The van der Waals surface area contributed by atoms with E-state index in [4.69, 9.17) is 0 Å². The Morgan fingerprint density at radius 3 is 0.923 bits per heavy atom.